The number of ether oxygens (including phenoxy) is 1. The van der Waals surface area contributed by atoms with Crippen LogP contribution in [0.25, 0.3) is 11.4 Å². The number of amides is 1. The summed E-state index contributed by atoms with van der Waals surface area (Å²) in [5.74, 6) is 0.902. The minimum Gasteiger partial charge on any atom is -0.483 e. The first-order valence-corrected chi connectivity index (χ1v) is 9.65. The number of aromatic nitrogens is 2. The van der Waals surface area contributed by atoms with Crippen LogP contribution in [-0.2, 0) is 6.61 Å². The number of anilines is 1. The molecule has 0 aliphatic rings. The van der Waals surface area contributed by atoms with E-state index in [0.717, 1.165) is 11.1 Å². The van der Waals surface area contributed by atoms with Crippen molar-refractivity contribution in [2.24, 2.45) is 0 Å². The van der Waals surface area contributed by atoms with Crippen molar-refractivity contribution in [1.82, 2.24) is 10.1 Å². The van der Waals surface area contributed by atoms with Gasteiger partial charge in [-0.3, -0.25) is 4.79 Å². The Morgan fingerprint density at radius 3 is 2.63 bits per heavy atom. The van der Waals surface area contributed by atoms with Crippen molar-refractivity contribution in [2.45, 2.75) is 13.5 Å². The fourth-order valence-electron chi connectivity index (χ4n) is 2.81. The van der Waals surface area contributed by atoms with Crippen molar-refractivity contribution in [3.63, 3.8) is 0 Å². The van der Waals surface area contributed by atoms with Crippen molar-refractivity contribution in [1.29, 1.82) is 0 Å². The summed E-state index contributed by atoms with van der Waals surface area (Å²) in [6.45, 7) is 1.94. The number of benzene rings is 3. The lowest BCUT2D eigenvalue weighted by atomic mass is 10.1. The van der Waals surface area contributed by atoms with Crippen molar-refractivity contribution < 1.29 is 14.1 Å². The number of aryl methyl sites for hydroxylation is 1. The van der Waals surface area contributed by atoms with Crippen LogP contribution in [0.2, 0.25) is 5.02 Å². The Hall–Kier alpha value is -3.64. The maximum absolute atomic E-state index is 12.7. The summed E-state index contributed by atoms with van der Waals surface area (Å²) in [5.41, 5.74) is 2.78. The molecular weight excluding hydrogens is 402 g/mol. The van der Waals surface area contributed by atoms with Gasteiger partial charge in [0.1, 0.15) is 5.75 Å². The predicted molar refractivity (Wildman–Crippen MR) is 115 cm³/mol. The van der Waals surface area contributed by atoms with Crippen LogP contribution < -0.4 is 10.1 Å². The lowest BCUT2D eigenvalue weighted by Crippen LogP contribution is -2.13. The highest BCUT2D eigenvalue weighted by atomic mass is 35.5. The van der Waals surface area contributed by atoms with Gasteiger partial charge < -0.3 is 14.6 Å². The van der Waals surface area contributed by atoms with Crippen LogP contribution in [-0.4, -0.2) is 16.0 Å². The molecule has 1 heterocycles. The lowest BCUT2D eigenvalue weighted by Gasteiger charge is -2.11. The third kappa shape index (κ3) is 4.50. The molecule has 0 aliphatic heterocycles. The minimum atomic E-state index is -0.305. The Labute approximate surface area is 178 Å². The molecule has 4 rings (SSSR count). The highest BCUT2D eigenvalue weighted by molar-refractivity contribution is 6.31. The van der Waals surface area contributed by atoms with Gasteiger partial charge >= 0.3 is 0 Å². The van der Waals surface area contributed by atoms with E-state index in [1.54, 1.807) is 36.4 Å². The fraction of sp³-hybridized carbons (Fsp3) is 0.0870. The zero-order valence-corrected chi connectivity index (χ0v) is 16.9. The Balaban J connectivity index is 1.46. The number of carbonyl (C=O) groups excluding carboxylic acids is 1. The summed E-state index contributed by atoms with van der Waals surface area (Å²) in [5, 5.41) is 7.39. The largest absolute Gasteiger partial charge is 0.483 e. The molecule has 30 heavy (non-hydrogen) atoms. The first-order chi connectivity index (χ1) is 14.6. The van der Waals surface area contributed by atoms with Crippen molar-refractivity contribution in [3.8, 4) is 17.1 Å². The van der Waals surface area contributed by atoms with Crippen LogP contribution in [0.4, 0.5) is 5.69 Å². The molecule has 3 aromatic carbocycles. The molecule has 0 saturated heterocycles. The lowest BCUT2D eigenvalue weighted by molar-refractivity contribution is 0.102. The standard InChI is InChI=1S/C23H18ClN3O3/c1-15-11-12-17(13-19(15)24)25-23(28)18-9-5-6-10-20(18)29-14-21-26-22(27-30-21)16-7-3-2-4-8-16/h2-13H,14H2,1H3,(H,25,28). The normalized spacial score (nSPS) is 10.6. The number of hydrogen-bond acceptors (Lipinski definition) is 5. The smallest absolute Gasteiger partial charge is 0.264 e. The quantitative estimate of drug-likeness (QED) is 0.444. The highest BCUT2D eigenvalue weighted by Gasteiger charge is 2.15. The number of para-hydroxylation sites is 1. The minimum absolute atomic E-state index is 0.0421. The molecule has 0 spiro atoms. The first kappa shape index (κ1) is 19.7. The van der Waals surface area contributed by atoms with Crippen molar-refractivity contribution >= 4 is 23.2 Å². The van der Waals surface area contributed by atoms with Gasteiger partial charge in [0, 0.05) is 16.3 Å². The third-order valence-electron chi connectivity index (χ3n) is 4.41. The number of nitrogens with one attached hydrogen (secondary N) is 1. The van der Waals surface area contributed by atoms with Crippen LogP contribution in [0.3, 0.4) is 0 Å². The van der Waals surface area contributed by atoms with E-state index in [0.29, 0.717) is 33.7 Å². The first-order valence-electron chi connectivity index (χ1n) is 9.27. The monoisotopic (exact) mass is 419 g/mol. The second kappa shape index (κ2) is 8.80. The molecule has 0 saturated carbocycles. The summed E-state index contributed by atoms with van der Waals surface area (Å²) in [7, 11) is 0. The van der Waals surface area contributed by atoms with Crippen LogP contribution in [0, 0.1) is 6.92 Å². The molecule has 0 radical (unpaired) electrons. The number of hydrogen-bond donors (Lipinski definition) is 1. The van der Waals surface area contributed by atoms with E-state index in [1.165, 1.54) is 0 Å². The van der Waals surface area contributed by atoms with Crippen LogP contribution in [0.15, 0.2) is 77.3 Å². The Morgan fingerprint density at radius 1 is 1.07 bits per heavy atom. The molecule has 150 valence electrons. The van der Waals surface area contributed by atoms with Gasteiger partial charge in [0.2, 0.25) is 5.82 Å². The highest BCUT2D eigenvalue weighted by Crippen LogP contribution is 2.24. The van der Waals surface area contributed by atoms with E-state index in [-0.39, 0.29) is 12.5 Å². The molecule has 0 bridgehead atoms. The third-order valence-corrected chi connectivity index (χ3v) is 4.82. The Bertz CT molecular complexity index is 1180. The number of carbonyl (C=O) groups is 1. The van der Waals surface area contributed by atoms with Gasteiger partial charge in [0.25, 0.3) is 11.8 Å². The second-order valence-corrected chi connectivity index (χ2v) is 6.99. The van der Waals surface area contributed by atoms with E-state index >= 15 is 0 Å². The van der Waals surface area contributed by atoms with Crippen LogP contribution >= 0.6 is 11.6 Å². The molecule has 0 atom stereocenters. The van der Waals surface area contributed by atoms with E-state index in [9.17, 15) is 4.79 Å². The fourth-order valence-corrected chi connectivity index (χ4v) is 2.99. The average Bonchev–Trinajstić information content (AvgIpc) is 3.25. The van der Waals surface area contributed by atoms with Crippen molar-refractivity contribution in [3.05, 3.63) is 94.8 Å². The maximum atomic E-state index is 12.7. The Kier molecular flexibility index (Phi) is 5.77. The van der Waals surface area contributed by atoms with Crippen LogP contribution in [0.1, 0.15) is 21.8 Å². The van der Waals surface area contributed by atoms with Gasteiger partial charge in [0.15, 0.2) is 6.61 Å². The zero-order chi connectivity index (χ0) is 20.9. The van der Waals surface area contributed by atoms with E-state index < -0.39 is 0 Å². The number of rotatable bonds is 6. The van der Waals surface area contributed by atoms with E-state index in [1.807, 2.05) is 43.3 Å². The average molecular weight is 420 g/mol. The molecule has 1 amide bonds. The van der Waals surface area contributed by atoms with Gasteiger partial charge in [-0.15, -0.1) is 0 Å². The molecule has 0 unspecified atom stereocenters. The topological polar surface area (TPSA) is 77.2 Å². The van der Waals surface area contributed by atoms with Gasteiger partial charge in [-0.1, -0.05) is 65.3 Å². The Morgan fingerprint density at radius 2 is 1.83 bits per heavy atom. The molecular formula is C23H18ClN3O3. The molecule has 4 aromatic rings. The van der Waals surface area contributed by atoms with E-state index in [4.69, 9.17) is 20.9 Å². The second-order valence-electron chi connectivity index (χ2n) is 6.58. The van der Waals surface area contributed by atoms with Gasteiger partial charge in [-0.2, -0.15) is 4.98 Å². The SMILES string of the molecule is Cc1ccc(NC(=O)c2ccccc2OCc2nc(-c3ccccc3)no2)cc1Cl. The zero-order valence-electron chi connectivity index (χ0n) is 16.1. The van der Waals surface area contributed by atoms with E-state index in [2.05, 4.69) is 15.5 Å². The molecule has 1 N–H and O–H groups in total. The molecule has 1 aromatic heterocycles. The van der Waals surface area contributed by atoms with Gasteiger partial charge in [-0.25, -0.2) is 0 Å². The van der Waals surface area contributed by atoms with Crippen LogP contribution in [0.5, 0.6) is 5.75 Å². The molecule has 0 aliphatic carbocycles. The molecule has 6 nitrogen and oxygen atoms in total. The maximum Gasteiger partial charge on any atom is 0.264 e. The summed E-state index contributed by atoms with van der Waals surface area (Å²) in [6.07, 6.45) is 0. The van der Waals surface area contributed by atoms with Crippen molar-refractivity contribution in [2.75, 3.05) is 5.32 Å². The molecule has 0 fully saturated rings. The summed E-state index contributed by atoms with van der Waals surface area (Å²) in [6, 6.07) is 21.8. The predicted octanol–water partition coefficient (Wildman–Crippen LogP) is 5.53. The summed E-state index contributed by atoms with van der Waals surface area (Å²) >= 11 is 6.14. The molecule has 7 heteroatoms. The summed E-state index contributed by atoms with van der Waals surface area (Å²) in [4.78, 5) is 17.1. The number of nitrogens with zero attached hydrogens (tertiary/aromatic N) is 2. The summed E-state index contributed by atoms with van der Waals surface area (Å²) < 4.78 is 11.1. The van der Waals surface area contributed by atoms with Gasteiger partial charge in [-0.05, 0) is 36.8 Å². The van der Waals surface area contributed by atoms with Gasteiger partial charge in [0.05, 0.1) is 5.56 Å². The number of halogens is 1.